The van der Waals surface area contributed by atoms with Gasteiger partial charge in [-0.1, -0.05) is 25.0 Å². The average Bonchev–Trinajstić information content (AvgIpc) is 3.66. The number of likely N-dealkylation sites (N-methyl/N-ethyl adjacent to an activating group) is 1. The molecule has 1 N–H and O–H groups in total. The van der Waals surface area contributed by atoms with Gasteiger partial charge in [0.05, 0.1) is 41.8 Å². The summed E-state index contributed by atoms with van der Waals surface area (Å²) in [5.41, 5.74) is 3.53. The second-order valence-electron chi connectivity index (χ2n) is 17.5. The number of nitrogens with one attached hydrogen (secondary N) is 1. The van der Waals surface area contributed by atoms with E-state index in [2.05, 4.69) is 32.3 Å². The molecule has 0 bridgehead atoms. The van der Waals surface area contributed by atoms with E-state index < -0.39 is 24.1 Å². The standard InChI is InChI=1S/C46H56F2N8O6/c1-53(21-23-61-22-4-3-6-31-7-5-8-39-42(31)54(2)46(60)56(39)38-18-17-35(57)25-40(38)58)26-30-12-15-34(16-13-30)55-27-36(41(52-55)43(47)48)50-44(59)37-28-62-45(51-37)32-19-20-49-33(24-32)14-11-29-9-10-29/h5,7-8,19-20,24,27-30,34,38,43H,3-4,6,9-18,21-23,25-26H2,1-2H3,(H,50,59). The molecule has 330 valence electrons. The number of amides is 1. The lowest BCUT2D eigenvalue weighted by atomic mass is 9.86. The van der Waals surface area contributed by atoms with Gasteiger partial charge in [0.15, 0.2) is 17.2 Å². The monoisotopic (exact) mass is 854 g/mol. The predicted octanol–water partition coefficient (Wildman–Crippen LogP) is 7.68. The van der Waals surface area contributed by atoms with Crippen LogP contribution in [-0.2, 0) is 34.2 Å². The largest absolute Gasteiger partial charge is 0.444 e. The van der Waals surface area contributed by atoms with Crippen LogP contribution in [0, 0.1) is 11.8 Å². The maximum absolute atomic E-state index is 14.1. The number of hydrogen-bond donors (Lipinski definition) is 1. The van der Waals surface area contributed by atoms with Crippen LogP contribution >= 0.6 is 0 Å². The first kappa shape index (κ1) is 43.3. The topological polar surface area (TPSA) is 159 Å². The lowest BCUT2D eigenvalue weighted by molar-refractivity contribution is -0.132. The van der Waals surface area contributed by atoms with Crippen molar-refractivity contribution in [2.45, 2.75) is 108 Å². The normalized spacial score (nSPS) is 19.6. The van der Waals surface area contributed by atoms with Crippen molar-refractivity contribution < 1.29 is 32.3 Å². The molecular formula is C46H56F2N8O6. The average molecular weight is 855 g/mol. The van der Waals surface area contributed by atoms with Crippen molar-refractivity contribution in [2.24, 2.45) is 18.9 Å². The molecule has 3 fully saturated rings. The molecule has 14 nitrogen and oxygen atoms in total. The molecule has 16 heteroatoms. The summed E-state index contributed by atoms with van der Waals surface area (Å²) < 4.78 is 44.7. The van der Waals surface area contributed by atoms with Crippen LogP contribution < -0.4 is 11.0 Å². The Labute approximate surface area is 359 Å². The number of aromatic nitrogens is 6. The van der Waals surface area contributed by atoms with Crippen molar-refractivity contribution in [2.75, 3.05) is 38.7 Å². The Kier molecular flexibility index (Phi) is 13.5. The van der Waals surface area contributed by atoms with E-state index in [0.29, 0.717) is 37.5 Å². The summed E-state index contributed by atoms with van der Waals surface area (Å²) in [6.45, 7) is 2.93. The summed E-state index contributed by atoms with van der Waals surface area (Å²) in [7, 11) is 3.83. The number of carbonyl (C=O) groups is 3. The molecule has 1 amide bonds. The number of hydrogen-bond acceptors (Lipinski definition) is 10. The van der Waals surface area contributed by atoms with Crippen molar-refractivity contribution in [3.63, 3.8) is 0 Å². The number of anilines is 1. The molecule has 0 aliphatic heterocycles. The molecule has 0 radical (unpaired) electrons. The van der Waals surface area contributed by atoms with Gasteiger partial charge in [-0.05, 0) is 107 Å². The zero-order chi connectivity index (χ0) is 43.3. The Bertz CT molecular complexity index is 2440. The van der Waals surface area contributed by atoms with E-state index in [0.717, 1.165) is 99.1 Å². The zero-order valence-corrected chi connectivity index (χ0v) is 35.6. The van der Waals surface area contributed by atoms with Gasteiger partial charge in [0.25, 0.3) is 12.3 Å². The summed E-state index contributed by atoms with van der Waals surface area (Å²) in [6.07, 6.45) is 12.6. The van der Waals surface area contributed by atoms with Crippen molar-refractivity contribution in [3.8, 4) is 11.5 Å². The van der Waals surface area contributed by atoms with Crippen LogP contribution in [0.5, 0.6) is 0 Å². The highest BCUT2D eigenvalue weighted by atomic mass is 19.3. The number of ether oxygens (including phenoxy) is 1. The molecular weight excluding hydrogens is 799 g/mol. The molecule has 1 aromatic carbocycles. The number of oxazole rings is 1. The van der Waals surface area contributed by atoms with E-state index in [-0.39, 0.29) is 47.0 Å². The summed E-state index contributed by atoms with van der Waals surface area (Å²) in [5, 5.41) is 6.83. The molecule has 5 aromatic rings. The van der Waals surface area contributed by atoms with Crippen molar-refractivity contribution in [3.05, 3.63) is 82.1 Å². The maximum Gasteiger partial charge on any atom is 0.329 e. The third-order valence-electron chi connectivity index (χ3n) is 12.8. The van der Waals surface area contributed by atoms with Gasteiger partial charge in [-0.15, -0.1) is 0 Å². The number of pyridine rings is 1. The highest BCUT2D eigenvalue weighted by Crippen LogP contribution is 2.36. The Balaban J connectivity index is 0.752. The number of benzene rings is 1. The Morgan fingerprint density at radius 1 is 1.02 bits per heavy atom. The van der Waals surface area contributed by atoms with Gasteiger partial charge >= 0.3 is 5.69 Å². The predicted molar refractivity (Wildman–Crippen MR) is 228 cm³/mol. The van der Waals surface area contributed by atoms with Gasteiger partial charge in [0, 0.05) is 56.8 Å². The van der Waals surface area contributed by atoms with E-state index in [4.69, 9.17) is 9.15 Å². The maximum atomic E-state index is 14.1. The van der Waals surface area contributed by atoms with Crippen LogP contribution in [0.3, 0.4) is 0 Å². The number of halogens is 2. The van der Waals surface area contributed by atoms with Crippen LogP contribution in [0.4, 0.5) is 14.5 Å². The second kappa shape index (κ2) is 19.4. The van der Waals surface area contributed by atoms with E-state index >= 15 is 0 Å². The molecule has 4 aromatic heterocycles. The molecule has 4 heterocycles. The van der Waals surface area contributed by atoms with Gasteiger partial charge in [-0.3, -0.25) is 33.2 Å². The van der Waals surface area contributed by atoms with Crippen LogP contribution in [0.25, 0.3) is 22.5 Å². The van der Waals surface area contributed by atoms with Gasteiger partial charge in [-0.25, -0.2) is 18.6 Å². The molecule has 1 unspecified atom stereocenters. The number of rotatable bonds is 19. The Morgan fingerprint density at radius 3 is 2.60 bits per heavy atom. The Morgan fingerprint density at radius 2 is 1.82 bits per heavy atom. The summed E-state index contributed by atoms with van der Waals surface area (Å²) in [5.74, 6) is 0.605. The van der Waals surface area contributed by atoms with Crippen LogP contribution in [-0.4, -0.2) is 84.6 Å². The number of para-hydroxylation sites is 1. The smallest absolute Gasteiger partial charge is 0.329 e. The number of carbonyl (C=O) groups excluding carboxylic acids is 3. The quantitative estimate of drug-likeness (QED) is 0.0645. The summed E-state index contributed by atoms with van der Waals surface area (Å²) in [6, 6.07) is 8.87. The van der Waals surface area contributed by atoms with E-state index in [1.165, 1.54) is 25.3 Å². The lowest BCUT2D eigenvalue weighted by Gasteiger charge is -2.31. The van der Waals surface area contributed by atoms with Crippen LogP contribution in [0.2, 0.25) is 0 Å². The third-order valence-corrected chi connectivity index (χ3v) is 12.8. The van der Waals surface area contributed by atoms with Crippen molar-refractivity contribution in [1.82, 2.24) is 33.8 Å². The first-order valence-corrected chi connectivity index (χ1v) is 22.1. The number of Topliss-reactive ketones (excluding diaryl/α,β-unsaturated/α-hetero) is 2. The fourth-order valence-electron chi connectivity index (χ4n) is 9.17. The molecule has 0 spiro atoms. The van der Waals surface area contributed by atoms with Crippen molar-refractivity contribution >= 4 is 34.2 Å². The first-order valence-electron chi connectivity index (χ1n) is 22.1. The molecule has 0 saturated heterocycles. The molecule has 62 heavy (non-hydrogen) atoms. The highest BCUT2D eigenvalue weighted by molar-refractivity contribution is 6.04. The fourth-order valence-corrected chi connectivity index (χ4v) is 9.17. The second-order valence-corrected chi connectivity index (χ2v) is 17.5. The summed E-state index contributed by atoms with van der Waals surface area (Å²) in [4.78, 5) is 62.0. The minimum Gasteiger partial charge on any atom is -0.444 e. The molecule has 3 saturated carbocycles. The van der Waals surface area contributed by atoms with E-state index in [9.17, 15) is 28.0 Å². The highest BCUT2D eigenvalue weighted by Gasteiger charge is 2.32. The number of nitrogens with zero attached hydrogens (tertiary/aromatic N) is 7. The van der Waals surface area contributed by atoms with Gasteiger partial charge in [0.2, 0.25) is 5.89 Å². The van der Waals surface area contributed by atoms with Gasteiger partial charge < -0.3 is 19.4 Å². The number of alkyl halides is 2. The van der Waals surface area contributed by atoms with E-state index in [1.54, 1.807) is 33.1 Å². The van der Waals surface area contributed by atoms with Crippen molar-refractivity contribution in [1.29, 1.82) is 0 Å². The number of unbranched alkanes of at least 4 members (excludes halogenated alkanes) is 1. The van der Waals surface area contributed by atoms with Crippen LogP contribution in [0.15, 0.2) is 58.2 Å². The van der Waals surface area contributed by atoms with Crippen LogP contribution in [0.1, 0.15) is 123 Å². The first-order chi connectivity index (χ1) is 30.0. The molecule has 8 rings (SSSR count). The minimum absolute atomic E-state index is 0.0116. The summed E-state index contributed by atoms with van der Waals surface area (Å²) >= 11 is 0. The number of ketones is 2. The van der Waals surface area contributed by atoms with E-state index in [1.807, 2.05) is 24.3 Å². The molecule has 3 aliphatic carbocycles. The minimum atomic E-state index is -2.86. The Hall–Kier alpha value is -5.35. The molecule has 3 aliphatic rings. The number of aryl methyl sites for hydroxylation is 3. The SMILES string of the molecule is CN(CCOCCCCc1cccc2c1n(C)c(=O)n2C1CCC(=O)CC1=O)CC1CCC(n2cc(NC(=O)c3coc(-c4ccnc(CCC5CC5)c4)n3)c(C(F)F)n2)CC1. The fraction of sp³-hybridized carbons (Fsp3) is 0.543. The number of fused-ring (bicyclic) bond motifs is 1. The molecule has 1 atom stereocenters. The number of imidazole rings is 1. The third kappa shape index (κ3) is 10.1. The zero-order valence-electron chi connectivity index (χ0n) is 35.6. The lowest BCUT2D eigenvalue weighted by Crippen LogP contribution is -2.34. The van der Waals surface area contributed by atoms with Gasteiger partial charge in [-0.2, -0.15) is 5.10 Å². The van der Waals surface area contributed by atoms with Gasteiger partial charge in [0.1, 0.15) is 12.0 Å².